The zero-order valence-corrected chi connectivity index (χ0v) is 23.1. The van der Waals surface area contributed by atoms with E-state index >= 15 is 4.39 Å². The topological polar surface area (TPSA) is 71.5 Å². The molecule has 0 aromatic heterocycles. The monoisotopic (exact) mass is 548 g/mol. The molecule has 0 spiro atoms. The van der Waals surface area contributed by atoms with Gasteiger partial charge in [0.15, 0.2) is 0 Å². The largest absolute Gasteiger partial charge is 0.496 e. The summed E-state index contributed by atoms with van der Waals surface area (Å²) >= 11 is 0. The zero-order chi connectivity index (χ0) is 28.1. The lowest BCUT2D eigenvalue weighted by molar-refractivity contribution is -0.137. The Labute approximate surface area is 235 Å². The van der Waals surface area contributed by atoms with Crippen molar-refractivity contribution in [2.45, 2.75) is 50.4 Å². The maximum absolute atomic E-state index is 15.2. The summed E-state index contributed by atoms with van der Waals surface area (Å²) in [6.45, 7) is 2.04. The van der Waals surface area contributed by atoms with Crippen molar-refractivity contribution >= 4 is 17.3 Å². The first-order chi connectivity index (χ1) is 19.4. The minimum atomic E-state index is -0.806. The van der Waals surface area contributed by atoms with Gasteiger partial charge in [-0.2, -0.15) is 0 Å². The number of anilines is 2. The van der Waals surface area contributed by atoms with Crippen molar-refractivity contribution in [3.05, 3.63) is 83.7 Å². The highest BCUT2D eigenvalue weighted by Gasteiger charge is 2.33. The number of carboxylic acids is 1. The van der Waals surface area contributed by atoms with Gasteiger partial charge >= 0.3 is 5.97 Å². The van der Waals surface area contributed by atoms with Gasteiger partial charge in [-0.05, 0) is 42.3 Å². The molecule has 0 amide bonds. The Bertz CT molecular complexity index is 1280. The Morgan fingerprint density at radius 3 is 2.38 bits per heavy atom. The minimum Gasteiger partial charge on any atom is -0.496 e. The number of benzene rings is 3. The summed E-state index contributed by atoms with van der Waals surface area (Å²) < 4.78 is 32.6. The van der Waals surface area contributed by atoms with Crippen molar-refractivity contribution < 1.29 is 28.5 Å². The zero-order valence-electron chi connectivity index (χ0n) is 23.1. The van der Waals surface area contributed by atoms with Crippen LogP contribution in [-0.4, -0.2) is 63.2 Å². The summed E-state index contributed by atoms with van der Waals surface area (Å²) in [6, 6.07) is 21.2. The van der Waals surface area contributed by atoms with Crippen LogP contribution < -0.4 is 19.3 Å². The van der Waals surface area contributed by atoms with Gasteiger partial charge in [-0.15, -0.1) is 0 Å². The first-order valence-electron chi connectivity index (χ1n) is 13.9. The molecule has 5 rings (SSSR count). The van der Waals surface area contributed by atoms with Crippen LogP contribution in [0.2, 0.25) is 0 Å². The van der Waals surface area contributed by atoms with E-state index in [4.69, 9.17) is 14.2 Å². The Morgan fingerprint density at radius 2 is 1.73 bits per heavy atom. The van der Waals surface area contributed by atoms with E-state index < -0.39 is 5.97 Å². The summed E-state index contributed by atoms with van der Waals surface area (Å²) in [4.78, 5) is 15.5. The predicted molar refractivity (Wildman–Crippen MR) is 153 cm³/mol. The number of hydrogen-bond donors (Lipinski definition) is 1. The molecule has 0 bridgehead atoms. The molecule has 3 aromatic carbocycles. The average molecular weight is 549 g/mol. The highest BCUT2D eigenvalue weighted by atomic mass is 19.1. The van der Waals surface area contributed by atoms with Gasteiger partial charge in [0, 0.05) is 69.4 Å². The molecule has 212 valence electrons. The lowest BCUT2D eigenvalue weighted by Crippen LogP contribution is -2.38. The summed E-state index contributed by atoms with van der Waals surface area (Å²) in [5.41, 5.74) is 3.47. The predicted octanol–water partition coefficient (Wildman–Crippen LogP) is 5.54. The van der Waals surface area contributed by atoms with Gasteiger partial charge in [0.2, 0.25) is 0 Å². The Kier molecular flexibility index (Phi) is 8.75. The smallest absolute Gasteiger partial charge is 0.305 e. The van der Waals surface area contributed by atoms with Crippen LogP contribution in [0.25, 0.3) is 0 Å². The minimum absolute atomic E-state index is 0.0235. The molecular weight excluding hydrogens is 511 g/mol. The molecule has 40 heavy (non-hydrogen) atoms. The number of halogens is 1. The van der Waals surface area contributed by atoms with Gasteiger partial charge in [0.1, 0.15) is 23.4 Å². The summed E-state index contributed by atoms with van der Waals surface area (Å²) in [6.07, 6.45) is 3.00. The van der Waals surface area contributed by atoms with E-state index in [-0.39, 0.29) is 30.5 Å². The third-order valence-electron chi connectivity index (χ3n) is 7.96. The first-order valence-corrected chi connectivity index (χ1v) is 13.9. The Morgan fingerprint density at radius 1 is 1.00 bits per heavy atom. The van der Waals surface area contributed by atoms with E-state index in [1.54, 1.807) is 20.3 Å². The molecule has 0 saturated carbocycles. The van der Waals surface area contributed by atoms with Crippen LogP contribution in [0, 0.1) is 5.82 Å². The van der Waals surface area contributed by atoms with Crippen molar-refractivity contribution in [1.29, 1.82) is 0 Å². The van der Waals surface area contributed by atoms with E-state index in [1.807, 2.05) is 60.7 Å². The van der Waals surface area contributed by atoms with Gasteiger partial charge in [0.05, 0.1) is 25.3 Å². The molecule has 8 heteroatoms. The van der Waals surface area contributed by atoms with Crippen LogP contribution in [0.3, 0.4) is 0 Å². The van der Waals surface area contributed by atoms with Crippen LogP contribution in [0.1, 0.15) is 36.8 Å². The van der Waals surface area contributed by atoms with Gasteiger partial charge in [-0.3, -0.25) is 4.79 Å². The summed E-state index contributed by atoms with van der Waals surface area (Å²) in [5.74, 6) is 0.428. The SMILES string of the molecule is COc1cc(N2CCC(Oc3ccc(N4C[C@H](OC)C[C@@H]4CC(=O)O)cc3)CC2)c(F)cc1Cc1ccccc1. The van der Waals surface area contributed by atoms with Gasteiger partial charge in [0.25, 0.3) is 0 Å². The third-order valence-corrected chi connectivity index (χ3v) is 7.96. The highest BCUT2D eigenvalue weighted by Crippen LogP contribution is 2.34. The molecular formula is C32H37FN2O5. The molecule has 7 nitrogen and oxygen atoms in total. The second-order valence-electron chi connectivity index (χ2n) is 10.6. The molecule has 0 unspecified atom stereocenters. The molecule has 0 aliphatic carbocycles. The van der Waals surface area contributed by atoms with Crippen LogP contribution in [0.15, 0.2) is 66.7 Å². The van der Waals surface area contributed by atoms with E-state index in [0.717, 1.165) is 35.4 Å². The van der Waals surface area contributed by atoms with Crippen molar-refractivity contribution in [3.63, 3.8) is 0 Å². The molecule has 3 aromatic rings. The second kappa shape index (κ2) is 12.6. The van der Waals surface area contributed by atoms with E-state index in [0.29, 0.717) is 43.9 Å². The Balaban J connectivity index is 1.18. The van der Waals surface area contributed by atoms with Gasteiger partial charge in [-0.1, -0.05) is 30.3 Å². The molecule has 1 N–H and O–H groups in total. The molecule has 2 saturated heterocycles. The highest BCUT2D eigenvalue weighted by molar-refractivity contribution is 5.69. The lowest BCUT2D eigenvalue weighted by atomic mass is 10.0. The normalized spacial score (nSPS) is 19.6. The van der Waals surface area contributed by atoms with Crippen molar-refractivity contribution in [2.24, 2.45) is 0 Å². The summed E-state index contributed by atoms with van der Waals surface area (Å²) in [7, 11) is 3.29. The number of carboxylic acid groups (broad SMARTS) is 1. The molecule has 2 atom stereocenters. The standard InChI is InChI=1S/C32H37FN2O5/c1-38-28-18-25(19-32(36)37)35(21-28)24-8-10-26(11-9-24)40-27-12-14-34(15-13-27)30-20-31(39-2)23(17-29(30)33)16-22-6-4-3-5-7-22/h3-11,17,20,25,27-28H,12-16,18-19,21H2,1-2H3,(H,36,37)/t25-,28-/m1/s1. The summed E-state index contributed by atoms with van der Waals surface area (Å²) in [5, 5.41) is 9.31. The van der Waals surface area contributed by atoms with Gasteiger partial charge in [-0.25, -0.2) is 4.39 Å². The number of nitrogens with zero attached hydrogens (tertiary/aromatic N) is 2. The molecule has 2 heterocycles. The number of hydrogen-bond acceptors (Lipinski definition) is 6. The number of carbonyl (C=O) groups is 1. The van der Waals surface area contributed by atoms with Crippen LogP contribution in [-0.2, 0) is 16.0 Å². The van der Waals surface area contributed by atoms with Crippen LogP contribution >= 0.6 is 0 Å². The lowest BCUT2D eigenvalue weighted by Gasteiger charge is -2.34. The maximum Gasteiger partial charge on any atom is 0.305 e. The number of methoxy groups -OCH3 is 2. The van der Waals surface area contributed by atoms with Gasteiger partial charge < -0.3 is 29.1 Å². The molecule has 2 fully saturated rings. The molecule has 0 radical (unpaired) electrons. The second-order valence-corrected chi connectivity index (χ2v) is 10.6. The van der Waals surface area contributed by atoms with Crippen LogP contribution in [0.4, 0.5) is 15.8 Å². The third kappa shape index (κ3) is 6.50. The van der Waals surface area contributed by atoms with Crippen molar-refractivity contribution in [2.75, 3.05) is 43.7 Å². The number of ether oxygens (including phenoxy) is 3. The number of piperidine rings is 1. The van der Waals surface area contributed by atoms with Crippen LogP contribution in [0.5, 0.6) is 11.5 Å². The quantitative estimate of drug-likeness (QED) is 0.357. The average Bonchev–Trinajstić information content (AvgIpc) is 3.37. The number of rotatable bonds is 10. The first kappa shape index (κ1) is 27.8. The van der Waals surface area contributed by atoms with E-state index in [2.05, 4.69) is 9.80 Å². The maximum atomic E-state index is 15.2. The van der Waals surface area contributed by atoms with E-state index in [1.165, 1.54) is 0 Å². The fraction of sp³-hybridized carbons (Fsp3) is 0.406. The van der Waals surface area contributed by atoms with E-state index in [9.17, 15) is 9.90 Å². The van der Waals surface area contributed by atoms with Crippen molar-refractivity contribution in [3.8, 4) is 11.5 Å². The number of aliphatic carboxylic acids is 1. The fourth-order valence-electron chi connectivity index (χ4n) is 5.85. The molecule has 2 aliphatic heterocycles. The van der Waals surface area contributed by atoms with Crippen molar-refractivity contribution in [1.82, 2.24) is 0 Å². The molecule has 2 aliphatic rings. The fourth-order valence-corrected chi connectivity index (χ4v) is 5.85. The Hall–Kier alpha value is -3.78.